The Kier molecular flexibility index (Phi) is 6.21. The molecular formula is C23H27N3O5S. The number of fused-ring (bicyclic) bond motifs is 1. The summed E-state index contributed by atoms with van der Waals surface area (Å²) < 4.78 is 33.2. The second kappa shape index (κ2) is 8.91. The number of anilines is 2. The monoisotopic (exact) mass is 457 g/mol. The summed E-state index contributed by atoms with van der Waals surface area (Å²) in [6.45, 7) is 4.34. The number of aryl methyl sites for hydroxylation is 2. The number of nitrogens with one attached hydrogen (secondary N) is 2. The van der Waals surface area contributed by atoms with Gasteiger partial charge in [-0.05, 0) is 55.5 Å². The second-order valence-electron chi connectivity index (χ2n) is 8.15. The topological polar surface area (TPSA) is 105 Å². The summed E-state index contributed by atoms with van der Waals surface area (Å²) >= 11 is 0. The minimum Gasteiger partial charge on any atom is -0.482 e. The number of nitrogens with zero attached hydrogens (tertiary/aromatic N) is 1. The Hall–Kier alpha value is -2.91. The molecule has 2 N–H and O–H groups in total. The van der Waals surface area contributed by atoms with Crippen LogP contribution in [0.4, 0.5) is 11.4 Å². The number of benzene rings is 2. The summed E-state index contributed by atoms with van der Waals surface area (Å²) in [5, 5.41) is 5.67. The summed E-state index contributed by atoms with van der Waals surface area (Å²) in [4.78, 5) is 24.7. The normalized spacial score (nSPS) is 18.9. The van der Waals surface area contributed by atoms with Gasteiger partial charge in [0.2, 0.25) is 15.9 Å². The summed E-state index contributed by atoms with van der Waals surface area (Å²) in [6.07, 6.45) is 2.01. The first kappa shape index (κ1) is 22.3. The highest BCUT2D eigenvalue weighted by Gasteiger charge is 2.34. The van der Waals surface area contributed by atoms with Crippen LogP contribution in [0.1, 0.15) is 30.9 Å². The number of piperidine rings is 1. The van der Waals surface area contributed by atoms with E-state index in [2.05, 4.69) is 10.6 Å². The van der Waals surface area contributed by atoms with E-state index in [-0.39, 0.29) is 29.9 Å². The van der Waals surface area contributed by atoms with Gasteiger partial charge in [-0.3, -0.25) is 9.59 Å². The Morgan fingerprint density at radius 3 is 2.88 bits per heavy atom. The molecule has 0 aliphatic carbocycles. The van der Waals surface area contributed by atoms with Crippen LogP contribution in [0.3, 0.4) is 0 Å². The van der Waals surface area contributed by atoms with Crippen molar-refractivity contribution < 1.29 is 22.7 Å². The molecule has 2 aromatic rings. The van der Waals surface area contributed by atoms with Gasteiger partial charge in [0.25, 0.3) is 5.91 Å². The maximum atomic E-state index is 13.3. The molecule has 1 saturated heterocycles. The molecule has 0 saturated carbocycles. The minimum atomic E-state index is -3.83. The third kappa shape index (κ3) is 4.35. The van der Waals surface area contributed by atoms with Gasteiger partial charge in [-0.15, -0.1) is 0 Å². The summed E-state index contributed by atoms with van der Waals surface area (Å²) in [7, 11) is -3.83. The second-order valence-corrected chi connectivity index (χ2v) is 10.1. The molecule has 0 spiro atoms. The van der Waals surface area contributed by atoms with Crippen molar-refractivity contribution in [3.8, 4) is 5.75 Å². The van der Waals surface area contributed by atoms with E-state index in [0.29, 0.717) is 30.8 Å². The predicted octanol–water partition coefficient (Wildman–Crippen LogP) is 2.93. The quantitative estimate of drug-likeness (QED) is 0.718. The molecule has 2 heterocycles. The van der Waals surface area contributed by atoms with Crippen molar-refractivity contribution in [2.24, 2.45) is 5.92 Å². The van der Waals surface area contributed by atoms with Crippen LogP contribution in [0.5, 0.6) is 5.75 Å². The number of amides is 2. The number of carbonyl (C=O) groups is 2. The van der Waals surface area contributed by atoms with Gasteiger partial charge in [-0.2, -0.15) is 4.31 Å². The van der Waals surface area contributed by atoms with Gasteiger partial charge in [0.05, 0.1) is 16.5 Å². The lowest BCUT2D eigenvalue weighted by atomic mass is 9.98. The van der Waals surface area contributed by atoms with Crippen molar-refractivity contribution in [3.63, 3.8) is 0 Å². The Morgan fingerprint density at radius 2 is 2.09 bits per heavy atom. The van der Waals surface area contributed by atoms with Crippen LogP contribution in [0.15, 0.2) is 41.3 Å². The number of hydrogen-bond acceptors (Lipinski definition) is 5. The average Bonchev–Trinajstić information content (AvgIpc) is 2.79. The van der Waals surface area contributed by atoms with Crippen LogP contribution in [-0.2, 0) is 26.0 Å². The molecular weight excluding hydrogens is 430 g/mol. The summed E-state index contributed by atoms with van der Waals surface area (Å²) in [5.74, 6) is -0.502. The zero-order valence-electron chi connectivity index (χ0n) is 18.2. The Balaban J connectivity index is 1.52. The molecule has 2 aliphatic heterocycles. The third-order valence-corrected chi connectivity index (χ3v) is 7.83. The van der Waals surface area contributed by atoms with Crippen LogP contribution in [0, 0.1) is 12.8 Å². The zero-order chi connectivity index (χ0) is 22.9. The van der Waals surface area contributed by atoms with Crippen molar-refractivity contribution in [2.75, 3.05) is 30.3 Å². The van der Waals surface area contributed by atoms with E-state index in [1.807, 2.05) is 32.0 Å². The van der Waals surface area contributed by atoms with E-state index in [0.717, 1.165) is 23.2 Å². The van der Waals surface area contributed by atoms with Crippen molar-refractivity contribution in [2.45, 2.75) is 38.0 Å². The number of carbonyl (C=O) groups excluding carboxylic acids is 2. The molecule has 9 heteroatoms. The molecule has 1 fully saturated rings. The van der Waals surface area contributed by atoms with Gasteiger partial charge >= 0.3 is 0 Å². The molecule has 32 heavy (non-hydrogen) atoms. The maximum Gasteiger partial charge on any atom is 0.262 e. The van der Waals surface area contributed by atoms with Gasteiger partial charge in [-0.1, -0.05) is 25.1 Å². The first-order valence-electron chi connectivity index (χ1n) is 10.8. The fourth-order valence-electron chi connectivity index (χ4n) is 4.17. The molecule has 0 radical (unpaired) electrons. The van der Waals surface area contributed by atoms with E-state index in [4.69, 9.17) is 4.74 Å². The first-order chi connectivity index (χ1) is 15.3. The highest BCUT2D eigenvalue weighted by Crippen LogP contribution is 2.33. The Morgan fingerprint density at radius 1 is 1.28 bits per heavy atom. The van der Waals surface area contributed by atoms with E-state index in [1.165, 1.54) is 16.4 Å². The lowest BCUT2D eigenvalue weighted by Crippen LogP contribution is -2.43. The lowest BCUT2D eigenvalue weighted by Gasteiger charge is -2.31. The van der Waals surface area contributed by atoms with E-state index in [1.54, 1.807) is 6.07 Å². The molecule has 1 unspecified atom stereocenters. The van der Waals surface area contributed by atoms with Gasteiger partial charge in [0.1, 0.15) is 5.75 Å². The number of rotatable bonds is 5. The number of hydrogen-bond donors (Lipinski definition) is 2. The fourth-order valence-corrected chi connectivity index (χ4v) is 5.72. The number of sulfonamides is 1. The predicted molar refractivity (Wildman–Crippen MR) is 121 cm³/mol. The molecule has 170 valence electrons. The number of ether oxygens (including phenoxy) is 1. The third-order valence-electron chi connectivity index (χ3n) is 5.96. The van der Waals surface area contributed by atoms with Crippen LogP contribution in [0.25, 0.3) is 0 Å². The standard InChI is InChI=1S/C23H27N3O5S/c1-3-16-7-4-6-15(2)22(16)25-23(28)17-8-5-11-26(13-17)32(29,30)18-9-10-20-19(12-18)24-21(27)14-31-20/h4,6-7,9-10,12,17H,3,5,8,11,13-14H2,1-2H3,(H,24,27)(H,25,28). The smallest absolute Gasteiger partial charge is 0.262 e. The Labute approximate surface area is 188 Å². The molecule has 2 aliphatic rings. The molecule has 1 atom stereocenters. The molecule has 4 rings (SSSR count). The van der Waals surface area contributed by atoms with Gasteiger partial charge in [0, 0.05) is 18.8 Å². The van der Waals surface area contributed by atoms with Crippen LogP contribution >= 0.6 is 0 Å². The zero-order valence-corrected chi connectivity index (χ0v) is 19.0. The summed E-state index contributed by atoms with van der Waals surface area (Å²) in [6, 6.07) is 10.3. The van der Waals surface area contributed by atoms with Crippen LogP contribution in [-0.4, -0.2) is 44.2 Å². The van der Waals surface area contributed by atoms with Crippen molar-refractivity contribution in [1.82, 2.24) is 4.31 Å². The number of para-hydroxylation sites is 1. The van der Waals surface area contributed by atoms with Crippen LogP contribution < -0.4 is 15.4 Å². The molecule has 8 nitrogen and oxygen atoms in total. The minimum absolute atomic E-state index is 0.0651. The summed E-state index contributed by atoms with van der Waals surface area (Å²) in [5.41, 5.74) is 3.18. The van der Waals surface area contributed by atoms with E-state index < -0.39 is 15.9 Å². The average molecular weight is 458 g/mol. The Bertz CT molecular complexity index is 1160. The van der Waals surface area contributed by atoms with Crippen molar-refractivity contribution >= 4 is 33.2 Å². The van der Waals surface area contributed by atoms with Gasteiger partial charge < -0.3 is 15.4 Å². The van der Waals surface area contributed by atoms with Crippen LogP contribution in [0.2, 0.25) is 0 Å². The maximum absolute atomic E-state index is 13.3. The van der Waals surface area contributed by atoms with Crippen molar-refractivity contribution in [1.29, 1.82) is 0 Å². The highest BCUT2D eigenvalue weighted by atomic mass is 32.2. The largest absolute Gasteiger partial charge is 0.482 e. The molecule has 2 amide bonds. The molecule has 2 aromatic carbocycles. The lowest BCUT2D eigenvalue weighted by molar-refractivity contribution is -0.121. The SMILES string of the molecule is CCc1cccc(C)c1NC(=O)C1CCCN(S(=O)(=O)c2ccc3c(c2)NC(=O)CO3)C1. The first-order valence-corrected chi connectivity index (χ1v) is 12.2. The van der Waals surface area contributed by atoms with Crippen molar-refractivity contribution in [3.05, 3.63) is 47.5 Å². The highest BCUT2D eigenvalue weighted by molar-refractivity contribution is 7.89. The van der Waals surface area contributed by atoms with E-state index in [9.17, 15) is 18.0 Å². The molecule has 0 bridgehead atoms. The van der Waals surface area contributed by atoms with Gasteiger partial charge in [0.15, 0.2) is 6.61 Å². The fraction of sp³-hybridized carbons (Fsp3) is 0.391. The van der Waals surface area contributed by atoms with E-state index >= 15 is 0 Å². The molecule has 0 aromatic heterocycles. The van der Waals surface area contributed by atoms with Gasteiger partial charge in [-0.25, -0.2) is 8.42 Å².